The number of rotatable bonds is 7. The van der Waals surface area contributed by atoms with E-state index in [9.17, 15) is 8.42 Å². The Balaban J connectivity index is 2.25. The number of nitrogens with zero attached hydrogens (tertiary/aromatic N) is 1. The zero-order valence-corrected chi connectivity index (χ0v) is 16.2. The average molecular weight is 369 g/mol. The van der Waals surface area contributed by atoms with Crippen molar-refractivity contribution in [2.45, 2.75) is 31.9 Å². The highest BCUT2D eigenvalue weighted by molar-refractivity contribution is 7.90. The molecule has 0 spiro atoms. The van der Waals surface area contributed by atoms with Crippen LogP contribution in [0.15, 0.2) is 54.6 Å². The molecule has 26 heavy (non-hydrogen) atoms. The summed E-state index contributed by atoms with van der Waals surface area (Å²) < 4.78 is 26.8. The van der Waals surface area contributed by atoms with E-state index >= 15 is 0 Å². The van der Waals surface area contributed by atoms with Crippen molar-refractivity contribution in [1.29, 1.82) is 5.26 Å². The van der Waals surface area contributed by atoms with Crippen LogP contribution in [0.2, 0.25) is 0 Å². The molecule has 0 heterocycles. The van der Waals surface area contributed by atoms with E-state index in [4.69, 9.17) is 5.26 Å². The van der Waals surface area contributed by atoms with Crippen LogP contribution >= 0.6 is 0 Å². The standard InChI is InChI=1S/C21H24N2O2S/c1-4-16-23-26(24,25)21(2,3)20-13-11-19(12-14-20)18-9-7-17(8-10-18)6-5-15-22/h5-14,23H,4,16H2,1-3H3. The Hall–Kier alpha value is -2.42. The summed E-state index contributed by atoms with van der Waals surface area (Å²) in [5.74, 6) is 0. The quantitative estimate of drug-likeness (QED) is 0.734. The van der Waals surface area contributed by atoms with Crippen molar-refractivity contribution >= 4 is 16.1 Å². The zero-order valence-electron chi connectivity index (χ0n) is 15.4. The number of hydrogen-bond donors (Lipinski definition) is 1. The molecule has 0 bridgehead atoms. The predicted molar refractivity (Wildman–Crippen MR) is 107 cm³/mol. The first kappa shape index (κ1) is 19.9. The summed E-state index contributed by atoms with van der Waals surface area (Å²) in [5, 5.41) is 8.57. The number of sulfonamides is 1. The number of hydrogen-bond acceptors (Lipinski definition) is 3. The lowest BCUT2D eigenvalue weighted by atomic mass is 9.97. The van der Waals surface area contributed by atoms with Gasteiger partial charge in [-0.1, -0.05) is 55.5 Å². The summed E-state index contributed by atoms with van der Waals surface area (Å²) in [6.07, 6.45) is 3.95. The summed E-state index contributed by atoms with van der Waals surface area (Å²) in [7, 11) is -3.45. The molecule has 0 aliphatic rings. The summed E-state index contributed by atoms with van der Waals surface area (Å²) in [6.45, 7) is 5.81. The molecule has 0 aliphatic carbocycles. The number of nitrogens with one attached hydrogen (secondary N) is 1. The Kier molecular flexibility index (Phi) is 6.36. The number of benzene rings is 2. The Morgan fingerprint density at radius 2 is 1.58 bits per heavy atom. The molecule has 2 aromatic carbocycles. The molecule has 5 heteroatoms. The van der Waals surface area contributed by atoms with Gasteiger partial charge in [0.2, 0.25) is 10.0 Å². The fourth-order valence-corrected chi connectivity index (χ4v) is 3.84. The van der Waals surface area contributed by atoms with Crippen LogP contribution in [0.1, 0.15) is 38.3 Å². The van der Waals surface area contributed by atoms with Gasteiger partial charge < -0.3 is 0 Å². The molecular weight excluding hydrogens is 344 g/mol. The molecule has 0 aromatic heterocycles. The molecule has 2 rings (SSSR count). The zero-order chi connectivity index (χ0) is 19.2. The molecule has 0 saturated carbocycles. The van der Waals surface area contributed by atoms with Crippen LogP contribution in [0.4, 0.5) is 0 Å². The van der Waals surface area contributed by atoms with E-state index in [1.54, 1.807) is 19.9 Å². The van der Waals surface area contributed by atoms with Crippen molar-refractivity contribution in [3.8, 4) is 17.2 Å². The van der Waals surface area contributed by atoms with Crippen LogP contribution in [-0.4, -0.2) is 15.0 Å². The van der Waals surface area contributed by atoms with Crippen LogP contribution in [0, 0.1) is 11.3 Å². The second kappa shape index (κ2) is 8.31. The minimum absolute atomic E-state index is 0.441. The Morgan fingerprint density at radius 3 is 2.08 bits per heavy atom. The van der Waals surface area contributed by atoms with Gasteiger partial charge in [0.05, 0.1) is 6.07 Å². The molecule has 4 nitrogen and oxygen atoms in total. The van der Waals surface area contributed by atoms with E-state index in [1.165, 1.54) is 6.08 Å². The maximum absolute atomic E-state index is 12.5. The number of allylic oxidation sites excluding steroid dienone is 1. The summed E-state index contributed by atoms with van der Waals surface area (Å²) >= 11 is 0. The minimum Gasteiger partial charge on any atom is -0.214 e. The average Bonchev–Trinajstić information content (AvgIpc) is 2.65. The first-order valence-electron chi connectivity index (χ1n) is 8.58. The van der Waals surface area contributed by atoms with Crippen molar-refractivity contribution in [3.05, 3.63) is 65.7 Å². The first-order chi connectivity index (χ1) is 12.3. The van der Waals surface area contributed by atoms with Gasteiger partial charge in [-0.25, -0.2) is 13.1 Å². The van der Waals surface area contributed by atoms with Crippen molar-refractivity contribution in [2.75, 3.05) is 6.54 Å². The lowest BCUT2D eigenvalue weighted by Crippen LogP contribution is -2.39. The highest BCUT2D eigenvalue weighted by Crippen LogP contribution is 2.31. The Morgan fingerprint density at radius 1 is 1.04 bits per heavy atom. The fraction of sp³-hybridized carbons (Fsp3) is 0.286. The van der Waals surface area contributed by atoms with Gasteiger partial charge in [-0.15, -0.1) is 0 Å². The largest absolute Gasteiger partial charge is 0.221 e. The summed E-state index contributed by atoms with van der Waals surface area (Å²) in [4.78, 5) is 0. The third kappa shape index (κ3) is 4.40. The Labute approximate surface area is 156 Å². The minimum atomic E-state index is -3.45. The lowest BCUT2D eigenvalue weighted by molar-refractivity contribution is 0.539. The summed E-state index contributed by atoms with van der Waals surface area (Å²) in [6, 6.07) is 17.4. The van der Waals surface area contributed by atoms with Crippen molar-refractivity contribution in [2.24, 2.45) is 0 Å². The van der Waals surface area contributed by atoms with E-state index in [2.05, 4.69) is 4.72 Å². The molecule has 0 radical (unpaired) electrons. The van der Waals surface area contributed by atoms with E-state index in [-0.39, 0.29) is 0 Å². The van der Waals surface area contributed by atoms with Crippen LogP contribution in [0.3, 0.4) is 0 Å². The van der Waals surface area contributed by atoms with Crippen molar-refractivity contribution in [3.63, 3.8) is 0 Å². The highest BCUT2D eigenvalue weighted by atomic mass is 32.2. The highest BCUT2D eigenvalue weighted by Gasteiger charge is 2.35. The summed E-state index contributed by atoms with van der Waals surface area (Å²) in [5.41, 5.74) is 3.76. The van der Waals surface area contributed by atoms with Gasteiger partial charge >= 0.3 is 0 Å². The SMILES string of the molecule is CCCNS(=O)(=O)C(C)(C)c1ccc(-c2ccc(C=CC#N)cc2)cc1. The first-order valence-corrected chi connectivity index (χ1v) is 10.1. The van der Waals surface area contributed by atoms with Crippen LogP contribution in [-0.2, 0) is 14.8 Å². The van der Waals surface area contributed by atoms with Gasteiger partial charge in [0.1, 0.15) is 4.75 Å². The van der Waals surface area contributed by atoms with Gasteiger partial charge in [-0.3, -0.25) is 0 Å². The third-order valence-corrected chi connectivity index (χ3v) is 6.55. The van der Waals surface area contributed by atoms with E-state index in [1.807, 2.05) is 61.5 Å². The van der Waals surface area contributed by atoms with Crippen molar-refractivity contribution in [1.82, 2.24) is 4.72 Å². The third-order valence-electron chi connectivity index (χ3n) is 4.39. The molecule has 136 valence electrons. The van der Waals surface area contributed by atoms with E-state index < -0.39 is 14.8 Å². The molecule has 0 aliphatic heterocycles. The van der Waals surface area contributed by atoms with Gasteiger partial charge in [0.15, 0.2) is 0 Å². The van der Waals surface area contributed by atoms with Gasteiger partial charge in [-0.2, -0.15) is 5.26 Å². The predicted octanol–water partition coefficient (Wildman–Crippen LogP) is 4.45. The van der Waals surface area contributed by atoms with Crippen LogP contribution in [0.25, 0.3) is 17.2 Å². The normalized spacial score (nSPS) is 12.2. The molecule has 0 fully saturated rings. The monoisotopic (exact) mass is 368 g/mol. The van der Waals surface area contributed by atoms with Crippen molar-refractivity contribution < 1.29 is 8.42 Å². The second-order valence-electron chi connectivity index (χ2n) is 6.57. The van der Waals surface area contributed by atoms with E-state index in [0.717, 1.165) is 28.7 Å². The van der Waals surface area contributed by atoms with Gasteiger partial charge in [0.25, 0.3) is 0 Å². The maximum atomic E-state index is 12.5. The van der Waals surface area contributed by atoms with Gasteiger partial charge in [0, 0.05) is 12.6 Å². The van der Waals surface area contributed by atoms with Gasteiger partial charge in [-0.05, 0) is 48.6 Å². The Bertz CT molecular complexity index is 904. The number of nitriles is 1. The van der Waals surface area contributed by atoms with E-state index in [0.29, 0.717) is 6.54 Å². The second-order valence-corrected chi connectivity index (χ2v) is 8.89. The van der Waals surface area contributed by atoms with Crippen LogP contribution < -0.4 is 4.72 Å². The molecular formula is C21H24N2O2S. The molecule has 1 N–H and O–H groups in total. The van der Waals surface area contributed by atoms with Crippen LogP contribution in [0.5, 0.6) is 0 Å². The molecule has 0 amide bonds. The smallest absolute Gasteiger partial charge is 0.214 e. The fourth-order valence-electron chi connectivity index (χ4n) is 2.56. The maximum Gasteiger partial charge on any atom is 0.221 e. The lowest BCUT2D eigenvalue weighted by Gasteiger charge is -2.26. The molecule has 2 aromatic rings. The molecule has 0 atom stereocenters. The topological polar surface area (TPSA) is 70.0 Å². The molecule has 0 saturated heterocycles. The molecule has 0 unspecified atom stereocenters.